The van der Waals surface area contributed by atoms with E-state index in [0.717, 1.165) is 10.4 Å². The van der Waals surface area contributed by atoms with E-state index in [1.54, 1.807) is 0 Å². The number of nitrogens with two attached hydrogens (primary N) is 1. The van der Waals surface area contributed by atoms with Gasteiger partial charge in [-0.3, -0.25) is 0 Å². The number of hydrogen-bond donors (Lipinski definition) is 1. The summed E-state index contributed by atoms with van der Waals surface area (Å²) in [5.74, 6) is 0. The van der Waals surface area contributed by atoms with Gasteiger partial charge in [-0.1, -0.05) is 35.5 Å². The summed E-state index contributed by atoms with van der Waals surface area (Å²) >= 11 is 6.50. The van der Waals surface area contributed by atoms with E-state index in [1.165, 1.54) is 0 Å². The highest BCUT2D eigenvalue weighted by Crippen LogP contribution is 2.16. The van der Waals surface area contributed by atoms with Crippen molar-refractivity contribution in [1.82, 2.24) is 0 Å². The molecule has 0 aliphatic rings. The van der Waals surface area contributed by atoms with Gasteiger partial charge in [0.2, 0.25) is 7.38 Å². The van der Waals surface area contributed by atoms with Crippen LogP contribution in [0.3, 0.4) is 0 Å². The van der Waals surface area contributed by atoms with Gasteiger partial charge in [0.25, 0.3) is 0 Å². The van der Waals surface area contributed by atoms with Gasteiger partial charge in [-0.15, -0.1) is 6.58 Å². The van der Waals surface area contributed by atoms with Crippen LogP contribution in [0.2, 0.25) is 0 Å². The van der Waals surface area contributed by atoms with Gasteiger partial charge in [-0.05, 0) is 12.1 Å². The summed E-state index contributed by atoms with van der Waals surface area (Å²) in [6.45, 7) is 5.88. The summed E-state index contributed by atoms with van der Waals surface area (Å²) in [6, 6.07) is 10.0. The molecule has 0 aliphatic carbocycles. The summed E-state index contributed by atoms with van der Waals surface area (Å²) in [5.41, 5.74) is 5.71. The van der Waals surface area contributed by atoms with E-state index in [4.69, 9.17) is 16.8 Å². The summed E-state index contributed by atoms with van der Waals surface area (Å²) < 4.78 is 0. The Balaban J connectivity index is 3.11. The Hall–Kier alpha value is -0.573. The third-order valence-electron chi connectivity index (χ3n) is 2.19. The Bertz CT molecular complexity index is 299. The number of rotatable bonds is 3. The number of hydrogen-bond acceptors (Lipinski definition) is 1. The monoisotopic (exact) mass is 211 g/mol. The highest BCUT2D eigenvalue weighted by Gasteiger charge is 2.32. The Kier molecular flexibility index (Phi) is 3.31. The summed E-state index contributed by atoms with van der Waals surface area (Å²) in [6.07, 6.45) is 0.508. The number of halogens is 1. The van der Waals surface area contributed by atoms with Crippen molar-refractivity contribution in [2.24, 2.45) is 5.73 Å². The van der Waals surface area contributed by atoms with E-state index in [1.807, 2.05) is 37.3 Å². The van der Waals surface area contributed by atoms with Gasteiger partial charge in [0.1, 0.15) is 0 Å². The van der Waals surface area contributed by atoms with E-state index >= 15 is 0 Å². The first-order valence-corrected chi connectivity index (χ1v) is 7.43. The molecule has 1 rings (SSSR count). The van der Waals surface area contributed by atoms with Crippen LogP contribution in [-0.2, 0) is 0 Å². The molecule has 1 aromatic carbocycles. The third-order valence-corrected chi connectivity index (χ3v) is 7.44. The van der Waals surface area contributed by atoms with Gasteiger partial charge in [-0.2, -0.15) is 11.1 Å². The minimum absolute atomic E-state index is 0.508. The second kappa shape index (κ2) is 4.09. The topological polar surface area (TPSA) is 26.0 Å². The molecule has 2 N–H and O–H groups in total. The zero-order chi connectivity index (χ0) is 9.90. The van der Waals surface area contributed by atoms with Gasteiger partial charge < -0.3 is 5.73 Å². The molecule has 0 radical (unpaired) electrons. The second-order valence-electron chi connectivity index (χ2n) is 3.15. The highest BCUT2D eigenvalue weighted by molar-refractivity contribution is 7.31. The molecule has 0 amide bonds. The molecule has 1 atom stereocenters. The smallest absolute Gasteiger partial charge is 0.225 e. The SMILES string of the molecule is C=C(C)[Si](Cl)(CN)c1ccccc1. The van der Waals surface area contributed by atoms with Crippen molar-refractivity contribution in [3.8, 4) is 0 Å². The zero-order valence-electron chi connectivity index (χ0n) is 7.76. The van der Waals surface area contributed by atoms with Crippen molar-refractivity contribution < 1.29 is 0 Å². The normalized spacial score (nSPS) is 15.0. The summed E-state index contributed by atoms with van der Waals surface area (Å²) in [4.78, 5) is 0. The van der Waals surface area contributed by atoms with Crippen LogP contribution in [-0.4, -0.2) is 13.6 Å². The quantitative estimate of drug-likeness (QED) is 0.598. The molecular formula is C10H14ClNSi. The maximum atomic E-state index is 6.50. The van der Waals surface area contributed by atoms with Crippen molar-refractivity contribution in [2.45, 2.75) is 6.92 Å². The van der Waals surface area contributed by atoms with E-state index in [9.17, 15) is 0 Å². The maximum absolute atomic E-state index is 6.50. The minimum atomic E-state index is -2.12. The van der Waals surface area contributed by atoms with Crippen molar-refractivity contribution in [3.63, 3.8) is 0 Å². The van der Waals surface area contributed by atoms with Crippen molar-refractivity contribution in [3.05, 3.63) is 42.1 Å². The average Bonchev–Trinajstić information content (AvgIpc) is 2.17. The molecule has 1 nitrogen and oxygen atoms in total. The molecule has 1 aromatic rings. The molecule has 70 valence electrons. The first kappa shape index (κ1) is 10.5. The van der Waals surface area contributed by atoms with E-state index in [0.29, 0.717) is 6.17 Å². The van der Waals surface area contributed by atoms with Crippen LogP contribution in [0.25, 0.3) is 0 Å². The predicted molar refractivity (Wildman–Crippen MR) is 61.6 cm³/mol. The molecule has 3 heteroatoms. The summed E-state index contributed by atoms with van der Waals surface area (Å²) in [5, 5.41) is 2.16. The standard InChI is InChI=1S/C10H14ClNSi/c1-9(2)13(11,8-12)10-6-4-3-5-7-10/h3-7H,1,8,12H2,2H3. The Labute approximate surface area is 84.9 Å². The Morgan fingerprint density at radius 3 is 2.38 bits per heavy atom. The molecule has 0 fully saturated rings. The van der Waals surface area contributed by atoms with Crippen LogP contribution >= 0.6 is 11.1 Å². The lowest BCUT2D eigenvalue weighted by molar-refractivity contribution is 1.33. The molecule has 0 bridgehead atoms. The first-order valence-electron chi connectivity index (χ1n) is 4.22. The van der Waals surface area contributed by atoms with Crippen LogP contribution in [0.1, 0.15) is 6.92 Å². The second-order valence-corrected chi connectivity index (χ2v) is 8.53. The Morgan fingerprint density at radius 1 is 1.46 bits per heavy atom. The predicted octanol–water partition coefficient (Wildman–Crippen LogP) is 1.69. The van der Waals surface area contributed by atoms with E-state index < -0.39 is 7.38 Å². The largest absolute Gasteiger partial charge is 0.331 e. The van der Waals surface area contributed by atoms with Gasteiger partial charge >= 0.3 is 0 Å². The van der Waals surface area contributed by atoms with Crippen LogP contribution < -0.4 is 10.9 Å². The summed E-state index contributed by atoms with van der Waals surface area (Å²) in [7, 11) is -2.12. The molecule has 0 saturated heterocycles. The van der Waals surface area contributed by atoms with Crippen LogP contribution in [0.4, 0.5) is 0 Å². The lowest BCUT2D eigenvalue weighted by Crippen LogP contribution is -2.50. The minimum Gasteiger partial charge on any atom is -0.331 e. The average molecular weight is 212 g/mol. The van der Waals surface area contributed by atoms with E-state index in [2.05, 4.69) is 6.58 Å². The fraction of sp³-hybridized carbons (Fsp3) is 0.200. The number of benzene rings is 1. The van der Waals surface area contributed by atoms with Gasteiger partial charge in [0.15, 0.2) is 0 Å². The third kappa shape index (κ3) is 2.02. The lowest BCUT2D eigenvalue weighted by Gasteiger charge is -2.23. The van der Waals surface area contributed by atoms with Crippen LogP contribution in [0, 0.1) is 0 Å². The maximum Gasteiger partial charge on any atom is 0.225 e. The van der Waals surface area contributed by atoms with Crippen molar-refractivity contribution in [1.29, 1.82) is 0 Å². The van der Waals surface area contributed by atoms with E-state index in [-0.39, 0.29) is 0 Å². The highest BCUT2D eigenvalue weighted by atomic mass is 35.6. The fourth-order valence-corrected chi connectivity index (χ4v) is 3.42. The first-order chi connectivity index (χ1) is 6.11. The van der Waals surface area contributed by atoms with Crippen LogP contribution in [0.15, 0.2) is 42.1 Å². The molecule has 13 heavy (non-hydrogen) atoms. The van der Waals surface area contributed by atoms with Crippen LogP contribution in [0.5, 0.6) is 0 Å². The molecule has 0 aliphatic heterocycles. The Morgan fingerprint density at radius 2 is 2.00 bits per heavy atom. The lowest BCUT2D eigenvalue weighted by atomic mass is 10.4. The molecule has 0 saturated carbocycles. The molecular weight excluding hydrogens is 198 g/mol. The molecule has 1 unspecified atom stereocenters. The van der Waals surface area contributed by atoms with Gasteiger partial charge in [0.05, 0.1) is 0 Å². The molecule has 0 aromatic heterocycles. The zero-order valence-corrected chi connectivity index (χ0v) is 9.51. The van der Waals surface area contributed by atoms with Gasteiger partial charge in [-0.25, -0.2) is 0 Å². The van der Waals surface area contributed by atoms with Crippen molar-refractivity contribution >= 4 is 23.6 Å². The fourth-order valence-electron chi connectivity index (χ4n) is 1.24. The molecule has 0 heterocycles. The van der Waals surface area contributed by atoms with Crippen molar-refractivity contribution in [2.75, 3.05) is 6.17 Å². The molecule has 0 spiro atoms. The number of allylic oxidation sites excluding steroid dienone is 1. The van der Waals surface area contributed by atoms with Gasteiger partial charge in [0, 0.05) is 6.17 Å².